The second-order valence-corrected chi connectivity index (χ2v) is 7.21. The van der Waals surface area contributed by atoms with E-state index in [2.05, 4.69) is 20.1 Å². The lowest BCUT2D eigenvalue weighted by Crippen LogP contribution is -2.07. The summed E-state index contributed by atoms with van der Waals surface area (Å²) in [6, 6.07) is 15.8. The molecule has 0 saturated carbocycles. The monoisotopic (exact) mass is 372 g/mol. The molecule has 5 nitrogen and oxygen atoms in total. The Morgan fingerprint density at radius 3 is 2.57 bits per heavy atom. The Kier molecular flexibility index (Phi) is 5.33. The lowest BCUT2D eigenvalue weighted by atomic mass is 10.1. The van der Waals surface area contributed by atoms with Gasteiger partial charge in [0.05, 0.1) is 0 Å². The molecule has 0 radical (unpaired) electrons. The number of nitrogens with zero attached hydrogens (tertiary/aromatic N) is 3. The third kappa shape index (κ3) is 4.19. The first kappa shape index (κ1) is 18.2. The van der Waals surface area contributed by atoms with E-state index < -0.39 is 0 Å². The number of carbonyl (C=O) groups is 1. The minimum Gasteiger partial charge on any atom is -0.323 e. The van der Waals surface area contributed by atoms with Crippen LogP contribution in [0.25, 0.3) is 17.5 Å². The number of anilines is 1. The van der Waals surface area contributed by atoms with Crippen molar-refractivity contribution in [2.24, 2.45) is 0 Å². The van der Waals surface area contributed by atoms with Crippen LogP contribution in [0.4, 0.5) is 5.69 Å². The van der Waals surface area contributed by atoms with E-state index in [1.807, 2.05) is 61.5 Å². The fraction of sp³-hybridized carbons (Fsp3) is 0.261. The van der Waals surface area contributed by atoms with Crippen molar-refractivity contribution in [3.8, 4) is 11.4 Å². The minimum atomic E-state index is -0.148. The van der Waals surface area contributed by atoms with Crippen LogP contribution in [-0.2, 0) is 17.8 Å². The van der Waals surface area contributed by atoms with Gasteiger partial charge in [0, 0.05) is 30.3 Å². The maximum atomic E-state index is 12.2. The van der Waals surface area contributed by atoms with Gasteiger partial charge in [0.2, 0.25) is 5.91 Å². The standard InChI is InChI=1S/C23H24N4O/c1-17-6-8-18(9-7-17)10-15-22(28)24-20-13-11-19(12-14-20)23-26-25-21-5-3-2-4-16-27(21)23/h6-15H,2-5,16H2,1H3,(H,24,28). The number of rotatable bonds is 4. The molecule has 1 amide bonds. The molecule has 0 aliphatic carbocycles. The fourth-order valence-electron chi connectivity index (χ4n) is 3.43. The summed E-state index contributed by atoms with van der Waals surface area (Å²) in [5.41, 5.74) is 3.99. The third-order valence-electron chi connectivity index (χ3n) is 5.02. The summed E-state index contributed by atoms with van der Waals surface area (Å²) in [5, 5.41) is 11.6. The Balaban J connectivity index is 1.43. The van der Waals surface area contributed by atoms with Gasteiger partial charge in [-0.2, -0.15) is 0 Å². The van der Waals surface area contributed by atoms with Crippen LogP contribution < -0.4 is 5.32 Å². The number of carbonyl (C=O) groups excluding carboxylic acids is 1. The second-order valence-electron chi connectivity index (χ2n) is 7.21. The number of amides is 1. The molecule has 0 atom stereocenters. The van der Waals surface area contributed by atoms with Gasteiger partial charge in [0.15, 0.2) is 5.82 Å². The highest BCUT2D eigenvalue weighted by Crippen LogP contribution is 2.24. The summed E-state index contributed by atoms with van der Waals surface area (Å²) < 4.78 is 2.23. The van der Waals surface area contributed by atoms with E-state index in [1.54, 1.807) is 6.08 Å². The SMILES string of the molecule is Cc1ccc(C=CC(=O)Nc2ccc(-c3nnc4n3CCCCC4)cc2)cc1. The first-order valence-corrected chi connectivity index (χ1v) is 9.77. The molecule has 3 aromatic rings. The number of aromatic nitrogens is 3. The van der Waals surface area contributed by atoms with Crippen molar-refractivity contribution >= 4 is 17.7 Å². The summed E-state index contributed by atoms with van der Waals surface area (Å²) in [4.78, 5) is 12.2. The van der Waals surface area contributed by atoms with E-state index in [-0.39, 0.29) is 5.91 Å². The molecule has 0 unspecified atom stereocenters. The van der Waals surface area contributed by atoms with E-state index in [4.69, 9.17) is 0 Å². The highest BCUT2D eigenvalue weighted by Gasteiger charge is 2.15. The van der Waals surface area contributed by atoms with Gasteiger partial charge in [-0.05, 0) is 55.7 Å². The smallest absolute Gasteiger partial charge is 0.248 e. The summed E-state index contributed by atoms with van der Waals surface area (Å²) in [5.74, 6) is 1.84. The highest BCUT2D eigenvalue weighted by atomic mass is 16.1. The van der Waals surface area contributed by atoms with Crippen LogP contribution >= 0.6 is 0 Å². The van der Waals surface area contributed by atoms with Crippen LogP contribution in [0.5, 0.6) is 0 Å². The number of hydrogen-bond donors (Lipinski definition) is 1. The van der Waals surface area contributed by atoms with Gasteiger partial charge in [-0.3, -0.25) is 4.79 Å². The lowest BCUT2D eigenvalue weighted by Gasteiger charge is -2.08. The molecule has 5 heteroatoms. The molecule has 2 aromatic carbocycles. The quantitative estimate of drug-likeness (QED) is 0.679. The predicted octanol–water partition coefficient (Wildman–Crippen LogP) is 4.63. The van der Waals surface area contributed by atoms with E-state index in [1.165, 1.54) is 24.8 Å². The fourth-order valence-corrected chi connectivity index (χ4v) is 3.43. The zero-order chi connectivity index (χ0) is 19.3. The van der Waals surface area contributed by atoms with Gasteiger partial charge >= 0.3 is 0 Å². The van der Waals surface area contributed by atoms with E-state index in [0.717, 1.165) is 41.4 Å². The van der Waals surface area contributed by atoms with Gasteiger partial charge < -0.3 is 9.88 Å². The first-order valence-electron chi connectivity index (χ1n) is 9.77. The predicted molar refractivity (Wildman–Crippen MR) is 112 cm³/mol. The number of benzene rings is 2. The molecule has 4 rings (SSSR count). The normalized spacial score (nSPS) is 13.9. The molecular weight excluding hydrogens is 348 g/mol. The molecule has 1 aromatic heterocycles. The average Bonchev–Trinajstić information content (AvgIpc) is 2.96. The third-order valence-corrected chi connectivity index (χ3v) is 5.02. The first-order chi connectivity index (χ1) is 13.7. The van der Waals surface area contributed by atoms with Crippen molar-refractivity contribution in [2.45, 2.75) is 39.2 Å². The molecule has 1 aliphatic rings. The molecule has 28 heavy (non-hydrogen) atoms. The molecule has 0 spiro atoms. The Labute approximate surface area is 165 Å². The van der Waals surface area contributed by atoms with Crippen molar-refractivity contribution in [1.82, 2.24) is 14.8 Å². The van der Waals surface area contributed by atoms with Gasteiger partial charge in [-0.15, -0.1) is 10.2 Å². The van der Waals surface area contributed by atoms with Crippen LogP contribution in [0.3, 0.4) is 0 Å². The zero-order valence-corrected chi connectivity index (χ0v) is 16.1. The molecule has 1 N–H and O–H groups in total. The Morgan fingerprint density at radius 1 is 1.00 bits per heavy atom. The van der Waals surface area contributed by atoms with Gasteiger partial charge in [-0.1, -0.05) is 36.2 Å². The molecule has 1 aliphatic heterocycles. The summed E-state index contributed by atoms with van der Waals surface area (Å²) in [7, 11) is 0. The maximum absolute atomic E-state index is 12.2. The van der Waals surface area contributed by atoms with Gasteiger partial charge in [-0.25, -0.2) is 0 Å². The van der Waals surface area contributed by atoms with Crippen molar-refractivity contribution < 1.29 is 4.79 Å². The Hall–Kier alpha value is -3.21. The van der Waals surface area contributed by atoms with Crippen LogP contribution in [0.1, 0.15) is 36.2 Å². The topological polar surface area (TPSA) is 59.8 Å². The van der Waals surface area contributed by atoms with Crippen LogP contribution in [0.15, 0.2) is 54.6 Å². The van der Waals surface area contributed by atoms with Gasteiger partial charge in [0.25, 0.3) is 0 Å². The highest BCUT2D eigenvalue weighted by molar-refractivity contribution is 6.02. The number of aryl methyl sites for hydroxylation is 2. The summed E-state index contributed by atoms with van der Waals surface area (Å²) in [6.07, 6.45) is 7.95. The van der Waals surface area contributed by atoms with Crippen molar-refractivity contribution in [3.05, 3.63) is 71.6 Å². The number of fused-ring (bicyclic) bond motifs is 1. The van der Waals surface area contributed by atoms with Crippen molar-refractivity contribution in [2.75, 3.05) is 5.32 Å². The molecule has 2 heterocycles. The van der Waals surface area contributed by atoms with Crippen molar-refractivity contribution in [1.29, 1.82) is 0 Å². The maximum Gasteiger partial charge on any atom is 0.248 e. The zero-order valence-electron chi connectivity index (χ0n) is 16.1. The molecule has 0 saturated heterocycles. The Morgan fingerprint density at radius 2 is 1.79 bits per heavy atom. The van der Waals surface area contributed by atoms with E-state index >= 15 is 0 Å². The average molecular weight is 372 g/mol. The molecule has 0 bridgehead atoms. The molecular formula is C23H24N4O. The summed E-state index contributed by atoms with van der Waals surface area (Å²) >= 11 is 0. The number of hydrogen-bond acceptors (Lipinski definition) is 3. The van der Waals surface area contributed by atoms with Crippen LogP contribution in [0.2, 0.25) is 0 Å². The van der Waals surface area contributed by atoms with Crippen LogP contribution in [0, 0.1) is 6.92 Å². The van der Waals surface area contributed by atoms with E-state index in [0.29, 0.717) is 0 Å². The molecule has 142 valence electrons. The lowest BCUT2D eigenvalue weighted by molar-refractivity contribution is -0.111. The number of nitrogens with one attached hydrogen (secondary N) is 1. The minimum absolute atomic E-state index is 0.148. The molecule has 0 fully saturated rings. The largest absolute Gasteiger partial charge is 0.323 e. The second kappa shape index (κ2) is 8.21. The van der Waals surface area contributed by atoms with Gasteiger partial charge in [0.1, 0.15) is 5.82 Å². The summed E-state index contributed by atoms with van der Waals surface area (Å²) in [6.45, 7) is 3.01. The van der Waals surface area contributed by atoms with E-state index in [9.17, 15) is 4.79 Å². The van der Waals surface area contributed by atoms with Crippen molar-refractivity contribution in [3.63, 3.8) is 0 Å². The Bertz CT molecular complexity index is 984. The van der Waals surface area contributed by atoms with Crippen LogP contribution in [-0.4, -0.2) is 20.7 Å².